The first-order chi connectivity index (χ1) is 17.5. The van der Waals surface area contributed by atoms with Gasteiger partial charge < -0.3 is 15.5 Å². The van der Waals surface area contributed by atoms with Crippen LogP contribution >= 0.6 is 0 Å². The van der Waals surface area contributed by atoms with E-state index in [0.717, 1.165) is 49.7 Å². The number of likely N-dealkylation sites (tertiary alicyclic amines) is 1. The summed E-state index contributed by atoms with van der Waals surface area (Å²) < 4.78 is 0. The molecule has 2 heterocycles. The second-order valence-electron chi connectivity index (χ2n) is 10.2. The smallest absolute Gasteiger partial charge is 0.247 e. The summed E-state index contributed by atoms with van der Waals surface area (Å²) in [7, 11) is 0. The van der Waals surface area contributed by atoms with E-state index in [1.807, 2.05) is 44.2 Å². The van der Waals surface area contributed by atoms with E-state index in [9.17, 15) is 14.4 Å². The van der Waals surface area contributed by atoms with Crippen molar-refractivity contribution in [3.63, 3.8) is 0 Å². The predicted octanol–water partition coefficient (Wildman–Crippen LogP) is 4.79. The van der Waals surface area contributed by atoms with Crippen molar-refractivity contribution < 1.29 is 14.4 Å². The predicted molar refractivity (Wildman–Crippen MR) is 141 cm³/mol. The van der Waals surface area contributed by atoms with Crippen LogP contribution < -0.4 is 10.6 Å². The molecule has 192 valence electrons. The van der Waals surface area contributed by atoms with Crippen molar-refractivity contribution in [2.24, 2.45) is 11.8 Å². The van der Waals surface area contributed by atoms with Gasteiger partial charge in [0, 0.05) is 30.4 Å². The number of hydrogen-bond donors (Lipinski definition) is 2. The number of pyridine rings is 1. The summed E-state index contributed by atoms with van der Waals surface area (Å²) in [6, 6.07) is 10.5. The molecule has 3 atom stereocenters. The molecule has 0 bridgehead atoms. The summed E-state index contributed by atoms with van der Waals surface area (Å²) in [6.45, 7) is 4.40. The third-order valence-corrected chi connectivity index (χ3v) is 7.75. The Bertz CT molecular complexity index is 1050. The number of amides is 3. The van der Waals surface area contributed by atoms with Gasteiger partial charge >= 0.3 is 0 Å². The standard InChI is InChI=1S/C29H38N4O3/c1-3-20(2)27(34)32-26(22-13-8-5-9-14-22)29(36)33-18-10-15-25(33)28(35)31-24-16-17-30-19-23(24)21-11-6-4-7-12-21/h4,6-7,11-12,16-17,19-20,22,25-26H,3,5,8-10,13-15,18H2,1-2H3,(H,32,34)(H,30,31,35)/t20-,25+,26+/m1/s1. The Kier molecular flexibility index (Phi) is 8.73. The molecule has 2 fully saturated rings. The lowest BCUT2D eigenvalue weighted by molar-refractivity contribution is -0.142. The Labute approximate surface area is 214 Å². The van der Waals surface area contributed by atoms with Gasteiger partial charge in [-0.1, -0.05) is 63.4 Å². The third kappa shape index (κ3) is 5.94. The van der Waals surface area contributed by atoms with Crippen LogP contribution in [0.2, 0.25) is 0 Å². The van der Waals surface area contributed by atoms with Gasteiger partial charge in [-0.2, -0.15) is 0 Å². The zero-order valence-corrected chi connectivity index (χ0v) is 21.4. The van der Waals surface area contributed by atoms with E-state index in [1.165, 1.54) is 6.42 Å². The van der Waals surface area contributed by atoms with Gasteiger partial charge in [-0.25, -0.2) is 0 Å². The highest BCUT2D eigenvalue weighted by Gasteiger charge is 2.41. The van der Waals surface area contributed by atoms with E-state index in [0.29, 0.717) is 18.7 Å². The molecule has 4 rings (SSSR count). The van der Waals surface area contributed by atoms with Crippen molar-refractivity contribution in [2.45, 2.75) is 77.3 Å². The Morgan fingerprint density at radius 1 is 1.03 bits per heavy atom. The molecule has 36 heavy (non-hydrogen) atoms. The number of nitrogens with one attached hydrogen (secondary N) is 2. The molecule has 2 N–H and O–H groups in total. The fourth-order valence-electron chi connectivity index (χ4n) is 5.38. The number of benzene rings is 1. The van der Waals surface area contributed by atoms with Gasteiger partial charge in [0.25, 0.3) is 0 Å². The number of carbonyl (C=O) groups is 3. The van der Waals surface area contributed by atoms with Crippen LogP contribution in [0, 0.1) is 11.8 Å². The lowest BCUT2D eigenvalue weighted by Gasteiger charge is -2.35. The van der Waals surface area contributed by atoms with Gasteiger partial charge in [0.2, 0.25) is 17.7 Å². The third-order valence-electron chi connectivity index (χ3n) is 7.75. The molecule has 7 heteroatoms. The van der Waals surface area contributed by atoms with E-state index in [-0.39, 0.29) is 29.6 Å². The van der Waals surface area contributed by atoms with Crippen molar-refractivity contribution in [3.05, 3.63) is 48.8 Å². The second kappa shape index (κ2) is 12.2. The van der Waals surface area contributed by atoms with E-state index in [4.69, 9.17) is 0 Å². The number of anilines is 1. The van der Waals surface area contributed by atoms with Gasteiger partial charge in [-0.15, -0.1) is 0 Å². The number of aromatic nitrogens is 1. The van der Waals surface area contributed by atoms with Crippen molar-refractivity contribution >= 4 is 23.4 Å². The number of hydrogen-bond acceptors (Lipinski definition) is 4. The summed E-state index contributed by atoms with van der Waals surface area (Å²) in [6.07, 6.45) is 10.7. The molecule has 1 aliphatic carbocycles. The topological polar surface area (TPSA) is 91.4 Å². The fourth-order valence-corrected chi connectivity index (χ4v) is 5.38. The molecule has 1 saturated heterocycles. The first-order valence-electron chi connectivity index (χ1n) is 13.4. The van der Waals surface area contributed by atoms with Gasteiger partial charge in [-0.3, -0.25) is 19.4 Å². The Morgan fingerprint density at radius 2 is 1.78 bits per heavy atom. The minimum absolute atomic E-state index is 0.0779. The van der Waals surface area contributed by atoms with Crippen LogP contribution in [-0.4, -0.2) is 46.2 Å². The van der Waals surface area contributed by atoms with E-state index < -0.39 is 12.1 Å². The molecule has 0 radical (unpaired) electrons. The number of carbonyl (C=O) groups excluding carboxylic acids is 3. The highest BCUT2D eigenvalue weighted by atomic mass is 16.2. The Hall–Kier alpha value is -3.22. The van der Waals surface area contributed by atoms with Crippen LogP contribution in [0.3, 0.4) is 0 Å². The monoisotopic (exact) mass is 490 g/mol. The second-order valence-corrected chi connectivity index (χ2v) is 10.2. The molecule has 3 amide bonds. The number of nitrogens with zero attached hydrogens (tertiary/aromatic N) is 2. The van der Waals surface area contributed by atoms with Gasteiger partial charge in [0.05, 0.1) is 5.69 Å². The van der Waals surface area contributed by atoms with Crippen LogP contribution in [0.15, 0.2) is 48.8 Å². The van der Waals surface area contributed by atoms with Crippen molar-refractivity contribution in [2.75, 3.05) is 11.9 Å². The highest BCUT2D eigenvalue weighted by molar-refractivity contribution is 6.01. The van der Waals surface area contributed by atoms with Crippen LogP contribution in [0.4, 0.5) is 5.69 Å². The summed E-state index contributed by atoms with van der Waals surface area (Å²) in [4.78, 5) is 46.1. The SMILES string of the molecule is CC[C@@H](C)C(=O)N[C@H](C(=O)N1CCC[C@H]1C(=O)Nc1ccncc1-c1ccccc1)C1CCCCC1. The largest absolute Gasteiger partial charge is 0.344 e. The molecule has 1 aliphatic heterocycles. The van der Waals surface area contributed by atoms with E-state index in [2.05, 4.69) is 15.6 Å². The first kappa shape index (κ1) is 25.9. The van der Waals surface area contributed by atoms with Gasteiger partial charge in [0.1, 0.15) is 12.1 Å². The van der Waals surface area contributed by atoms with Crippen LogP contribution in [-0.2, 0) is 14.4 Å². The first-order valence-corrected chi connectivity index (χ1v) is 13.4. The summed E-state index contributed by atoms with van der Waals surface area (Å²) >= 11 is 0. The van der Waals surface area contributed by atoms with Crippen molar-refractivity contribution in [1.29, 1.82) is 0 Å². The quantitative estimate of drug-likeness (QED) is 0.557. The molecular weight excluding hydrogens is 452 g/mol. The molecule has 1 aromatic carbocycles. The van der Waals surface area contributed by atoms with Gasteiger partial charge in [0.15, 0.2) is 0 Å². The molecule has 1 aromatic heterocycles. The minimum Gasteiger partial charge on any atom is -0.344 e. The van der Waals surface area contributed by atoms with Crippen molar-refractivity contribution in [1.82, 2.24) is 15.2 Å². The molecule has 7 nitrogen and oxygen atoms in total. The summed E-state index contributed by atoms with van der Waals surface area (Å²) in [5, 5.41) is 6.15. The maximum atomic E-state index is 13.9. The lowest BCUT2D eigenvalue weighted by atomic mass is 9.83. The summed E-state index contributed by atoms with van der Waals surface area (Å²) in [5.74, 6) is -0.418. The maximum absolute atomic E-state index is 13.9. The zero-order chi connectivity index (χ0) is 25.5. The van der Waals surface area contributed by atoms with E-state index in [1.54, 1.807) is 23.4 Å². The summed E-state index contributed by atoms with van der Waals surface area (Å²) in [5.41, 5.74) is 2.47. The molecule has 2 aromatic rings. The fraction of sp³-hybridized carbons (Fsp3) is 0.517. The average molecular weight is 491 g/mol. The van der Waals surface area contributed by atoms with E-state index >= 15 is 0 Å². The maximum Gasteiger partial charge on any atom is 0.247 e. The lowest BCUT2D eigenvalue weighted by Crippen LogP contribution is -2.56. The van der Waals surface area contributed by atoms with Crippen LogP contribution in [0.1, 0.15) is 65.2 Å². The highest BCUT2D eigenvalue weighted by Crippen LogP contribution is 2.31. The zero-order valence-electron chi connectivity index (χ0n) is 21.4. The Balaban J connectivity index is 1.52. The van der Waals surface area contributed by atoms with Crippen LogP contribution in [0.5, 0.6) is 0 Å². The number of rotatable bonds is 8. The Morgan fingerprint density at radius 3 is 2.50 bits per heavy atom. The van der Waals surface area contributed by atoms with Crippen LogP contribution in [0.25, 0.3) is 11.1 Å². The molecule has 0 spiro atoms. The molecule has 0 unspecified atom stereocenters. The average Bonchev–Trinajstić information content (AvgIpc) is 3.42. The van der Waals surface area contributed by atoms with Crippen molar-refractivity contribution in [3.8, 4) is 11.1 Å². The molecule has 2 aliphatic rings. The van der Waals surface area contributed by atoms with Gasteiger partial charge in [-0.05, 0) is 49.7 Å². The molecule has 1 saturated carbocycles. The minimum atomic E-state index is -0.569. The normalized spacial score (nSPS) is 19.9. The molecular formula is C29H38N4O3.